The van der Waals surface area contributed by atoms with Crippen LogP contribution in [0.5, 0.6) is 0 Å². The Bertz CT molecular complexity index is 181. The second kappa shape index (κ2) is 6.30. The molecule has 0 aromatic rings. The van der Waals surface area contributed by atoms with E-state index in [9.17, 15) is 4.79 Å². The normalized spacial score (nSPS) is 23.4. The fourth-order valence-electron chi connectivity index (χ4n) is 1.56. The SMILES string of the molecule is CCC[C@H](N)C(=O)NCC1CCSC1. The first-order valence-corrected chi connectivity index (χ1v) is 6.50. The van der Waals surface area contributed by atoms with Gasteiger partial charge in [-0.2, -0.15) is 11.8 Å². The van der Waals surface area contributed by atoms with Crippen LogP contribution in [0.15, 0.2) is 0 Å². The van der Waals surface area contributed by atoms with E-state index >= 15 is 0 Å². The van der Waals surface area contributed by atoms with Gasteiger partial charge in [-0.3, -0.25) is 4.79 Å². The van der Waals surface area contributed by atoms with Crippen LogP contribution in [0.2, 0.25) is 0 Å². The first-order valence-electron chi connectivity index (χ1n) is 5.35. The predicted octanol–water partition coefficient (Wildman–Crippen LogP) is 0.983. The van der Waals surface area contributed by atoms with Crippen LogP contribution in [-0.4, -0.2) is 30.0 Å². The molecule has 14 heavy (non-hydrogen) atoms. The summed E-state index contributed by atoms with van der Waals surface area (Å²) >= 11 is 1.97. The van der Waals surface area contributed by atoms with Crippen LogP contribution in [0.25, 0.3) is 0 Å². The molecule has 4 heteroatoms. The topological polar surface area (TPSA) is 55.1 Å². The smallest absolute Gasteiger partial charge is 0.236 e. The number of nitrogens with two attached hydrogens (primary N) is 1. The summed E-state index contributed by atoms with van der Waals surface area (Å²) in [5, 5.41) is 2.93. The molecule has 0 spiro atoms. The quantitative estimate of drug-likeness (QED) is 0.720. The van der Waals surface area contributed by atoms with Gasteiger partial charge in [-0.15, -0.1) is 0 Å². The highest BCUT2D eigenvalue weighted by atomic mass is 32.2. The molecule has 1 unspecified atom stereocenters. The third-order valence-electron chi connectivity index (χ3n) is 2.53. The van der Waals surface area contributed by atoms with Gasteiger partial charge in [0.25, 0.3) is 0 Å². The van der Waals surface area contributed by atoms with Crippen molar-refractivity contribution in [1.29, 1.82) is 0 Å². The van der Waals surface area contributed by atoms with Gasteiger partial charge in [-0.25, -0.2) is 0 Å². The minimum Gasteiger partial charge on any atom is -0.354 e. The van der Waals surface area contributed by atoms with E-state index in [1.165, 1.54) is 17.9 Å². The monoisotopic (exact) mass is 216 g/mol. The summed E-state index contributed by atoms with van der Waals surface area (Å²) in [4.78, 5) is 11.4. The van der Waals surface area contributed by atoms with Crippen molar-refractivity contribution < 1.29 is 4.79 Å². The highest BCUT2D eigenvalue weighted by Crippen LogP contribution is 2.22. The number of nitrogens with one attached hydrogen (secondary N) is 1. The molecule has 1 aliphatic rings. The number of rotatable bonds is 5. The Morgan fingerprint density at radius 2 is 2.50 bits per heavy atom. The number of hydrogen-bond acceptors (Lipinski definition) is 3. The number of thioether (sulfide) groups is 1. The molecule has 0 aromatic carbocycles. The van der Waals surface area contributed by atoms with E-state index in [0.29, 0.717) is 5.92 Å². The fraction of sp³-hybridized carbons (Fsp3) is 0.900. The first kappa shape index (κ1) is 11.9. The van der Waals surface area contributed by atoms with Crippen LogP contribution in [0, 0.1) is 5.92 Å². The van der Waals surface area contributed by atoms with Crippen molar-refractivity contribution in [2.75, 3.05) is 18.1 Å². The third-order valence-corrected chi connectivity index (χ3v) is 3.76. The lowest BCUT2D eigenvalue weighted by molar-refractivity contribution is -0.122. The molecule has 2 atom stereocenters. The zero-order chi connectivity index (χ0) is 10.4. The molecule has 3 N–H and O–H groups in total. The summed E-state index contributed by atoms with van der Waals surface area (Å²) in [6.07, 6.45) is 2.98. The summed E-state index contributed by atoms with van der Waals surface area (Å²) in [5.74, 6) is 3.10. The van der Waals surface area contributed by atoms with Crippen molar-refractivity contribution in [3.63, 3.8) is 0 Å². The summed E-state index contributed by atoms with van der Waals surface area (Å²) < 4.78 is 0. The maximum atomic E-state index is 11.4. The largest absolute Gasteiger partial charge is 0.354 e. The molecule has 0 radical (unpaired) electrons. The van der Waals surface area contributed by atoms with Gasteiger partial charge in [0, 0.05) is 6.54 Å². The molecule has 1 heterocycles. The molecule has 1 fully saturated rings. The lowest BCUT2D eigenvalue weighted by atomic mass is 10.1. The second-order valence-electron chi connectivity index (χ2n) is 3.87. The minimum atomic E-state index is -0.311. The highest BCUT2D eigenvalue weighted by Gasteiger charge is 2.18. The van der Waals surface area contributed by atoms with Gasteiger partial charge in [0.15, 0.2) is 0 Å². The summed E-state index contributed by atoms with van der Waals surface area (Å²) in [6.45, 7) is 2.85. The van der Waals surface area contributed by atoms with E-state index in [4.69, 9.17) is 5.73 Å². The lowest BCUT2D eigenvalue weighted by Gasteiger charge is -2.13. The Hall–Kier alpha value is -0.220. The Morgan fingerprint density at radius 1 is 1.71 bits per heavy atom. The van der Waals surface area contributed by atoms with Crippen LogP contribution < -0.4 is 11.1 Å². The van der Waals surface area contributed by atoms with E-state index in [1.807, 2.05) is 18.7 Å². The number of carbonyl (C=O) groups excluding carboxylic acids is 1. The lowest BCUT2D eigenvalue weighted by Crippen LogP contribution is -2.42. The van der Waals surface area contributed by atoms with Crippen LogP contribution >= 0.6 is 11.8 Å². The van der Waals surface area contributed by atoms with Crippen molar-refractivity contribution in [2.24, 2.45) is 11.7 Å². The van der Waals surface area contributed by atoms with Crippen molar-refractivity contribution in [3.05, 3.63) is 0 Å². The van der Waals surface area contributed by atoms with Gasteiger partial charge >= 0.3 is 0 Å². The number of amides is 1. The van der Waals surface area contributed by atoms with Crippen LogP contribution in [0.3, 0.4) is 0 Å². The molecular weight excluding hydrogens is 196 g/mol. The standard InChI is InChI=1S/C10H20N2OS/c1-2-3-9(11)10(13)12-6-8-4-5-14-7-8/h8-9H,2-7,11H2,1H3,(H,12,13)/t8?,9-/m0/s1. The molecule has 1 aliphatic heterocycles. The maximum absolute atomic E-state index is 11.4. The van der Waals surface area contributed by atoms with Crippen LogP contribution in [0.4, 0.5) is 0 Å². The molecule has 3 nitrogen and oxygen atoms in total. The number of hydrogen-bond donors (Lipinski definition) is 2. The molecule has 1 amide bonds. The van der Waals surface area contributed by atoms with Crippen molar-refractivity contribution in [3.8, 4) is 0 Å². The summed E-state index contributed by atoms with van der Waals surface area (Å²) in [6, 6.07) is -0.311. The van der Waals surface area contributed by atoms with Gasteiger partial charge in [0.1, 0.15) is 0 Å². The van der Waals surface area contributed by atoms with E-state index in [0.717, 1.165) is 19.4 Å². The molecule has 0 saturated carbocycles. The Kier molecular flexibility index (Phi) is 5.33. The van der Waals surface area contributed by atoms with Crippen LogP contribution in [-0.2, 0) is 4.79 Å². The van der Waals surface area contributed by atoms with Gasteiger partial charge in [-0.05, 0) is 30.3 Å². The molecular formula is C10H20N2OS. The number of carbonyl (C=O) groups is 1. The first-order chi connectivity index (χ1) is 6.74. The van der Waals surface area contributed by atoms with E-state index in [2.05, 4.69) is 5.32 Å². The highest BCUT2D eigenvalue weighted by molar-refractivity contribution is 7.99. The zero-order valence-corrected chi connectivity index (χ0v) is 9.61. The van der Waals surface area contributed by atoms with Gasteiger partial charge in [0.2, 0.25) is 5.91 Å². The van der Waals surface area contributed by atoms with E-state index < -0.39 is 0 Å². The Labute approximate surface area is 90.2 Å². The van der Waals surface area contributed by atoms with Gasteiger partial charge in [-0.1, -0.05) is 13.3 Å². The fourth-order valence-corrected chi connectivity index (χ4v) is 2.85. The molecule has 0 aliphatic carbocycles. The minimum absolute atomic E-state index is 0.0174. The third kappa shape index (κ3) is 3.88. The van der Waals surface area contributed by atoms with Gasteiger partial charge in [0.05, 0.1) is 6.04 Å². The second-order valence-corrected chi connectivity index (χ2v) is 5.02. The molecule has 0 bridgehead atoms. The predicted molar refractivity (Wildman–Crippen MR) is 61.3 cm³/mol. The Morgan fingerprint density at radius 3 is 3.07 bits per heavy atom. The van der Waals surface area contributed by atoms with Crippen molar-refractivity contribution in [1.82, 2.24) is 5.32 Å². The van der Waals surface area contributed by atoms with Crippen molar-refractivity contribution in [2.45, 2.75) is 32.2 Å². The summed E-state index contributed by atoms with van der Waals surface area (Å²) in [7, 11) is 0. The molecule has 82 valence electrons. The van der Waals surface area contributed by atoms with E-state index in [1.54, 1.807) is 0 Å². The average Bonchev–Trinajstić information content (AvgIpc) is 2.67. The Balaban J connectivity index is 2.13. The van der Waals surface area contributed by atoms with Crippen LogP contribution in [0.1, 0.15) is 26.2 Å². The summed E-state index contributed by atoms with van der Waals surface area (Å²) in [5.41, 5.74) is 5.70. The molecule has 1 rings (SSSR count). The van der Waals surface area contributed by atoms with Crippen molar-refractivity contribution >= 4 is 17.7 Å². The maximum Gasteiger partial charge on any atom is 0.236 e. The molecule has 1 saturated heterocycles. The zero-order valence-electron chi connectivity index (χ0n) is 8.79. The average molecular weight is 216 g/mol. The van der Waals surface area contributed by atoms with Gasteiger partial charge < -0.3 is 11.1 Å². The molecule has 0 aromatic heterocycles. The van der Waals surface area contributed by atoms with E-state index in [-0.39, 0.29) is 11.9 Å².